The Morgan fingerprint density at radius 2 is 1.59 bits per heavy atom. The fourth-order valence-electron chi connectivity index (χ4n) is 3.58. The van der Waals surface area contributed by atoms with Gasteiger partial charge in [-0.3, -0.25) is 0 Å². The van der Waals surface area contributed by atoms with Crippen LogP contribution in [0, 0.1) is 6.92 Å². The molecule has 3 aromatic carbocycles. The number of aliphatic imine (C=N–C) groups is 1. The second-order valence-corrected chi connectivity index (χ2v) is 8.13. The molecule has 4 rings (SSSR count). The Hall–Kier alpha value is -3.53. The second-order valence-electron chi connectivity index (χ2n) is 8.13. The third kappa shape index (κ3) is 6.24. The zero-order valence-corrected chi connectivity index (χ0v) is 19.1. The molecule has 1 aliphatic carbocycles. The fraction of sp³-hybridized carbons (Fsp3) is 0.250. The van der Waals surface area contributed by atoms with E-state index in [1.165, 1.54) is 18.4 Å². The molecule has 4 heteroatoms. The van der Waals surface area contributed by atoms with Gasteiger partial charge in [-0.1, -0.05) is 68.1 Å². The van der Waals surface area contributed by atoms with E-state index in [2.05, 4.69) is 55.0 Å². The molecule has 0 saturated heterocycles. The Bertz CT molecular complexity index is 1080. The van der Waals surface area contributed by atoms with Gasteiger partial charge in [-0.2, -0.15) is 0 Å². The molecule has 1 aliphatic rings. The molecule has 1 saturated carbocycles. The second kappa shape index (κ2) is 11.2. The Labute approximate surface area is 192 Å². The number of rotatable bonds is 7. The number of nitrogens with two attached hydrogens (primary N) is 2. The molecule has 0 amide bonds. The van der Waals surface area contributed by atoms with Crippen molar-refractivity contribution < 1.29 is 0 Å². The lowest BCUT2D eigenvalue weighted by atomic mass is 10.1. The molecule has 0 radical (unpaired) electrons. The summed E-state index contributed by atoms with van der Waals surface area (Å²) in [5, 5.41) is 3.37. The third-order valence-corrected chi connectivity index (χ3v) is 5.50. The van der Waals surface area contributed by atoms with Crippen LogP contribution < -0.4 is 16.8 Å². The van der Waals surface area contributed by atoms with Crippen LogP contribution in [0.4, 0.5) is 11.4 Å². The lowest BCUT2D eigenvalue weighted by molar-refractivity contribution is 0.979. The maximum atomic E-state index is 6.07. The summed E-state index contributed by atoms with van der Waals surface area (Å²) in [5.74, 6) is 1.27. The topological polar surface area (TPSA) is 76.4 Å². The average Bonchev–Trinajstić information content (AvgIpc) is 3.64. The van der Waals surface area contributed by atoms with Crippen molar-refractivity contribution >= 4 is 22.9 Å². The Morgan fingerprint density at radius 3 is 2.25 bits per heavy atom. The van der Waals surface area contributed by atoms with Gasteiger partial charge in [0.15, 0.2) is 0 Å². The summed E-state index contributed by atoms with van der Waals surface area (Å²) in [6.07, 6.45) is 3.86. The van der Waals surface area contributed by atoms with E-state index in [4.69, 9.17) is 11.5 Å². The van der Waals surface area contributed by atoms with E-state index in [9.17, 15) is 0 Å². The molecular formula is C28H34N4. The fourth-order valence-corrected chi connectivity index (χ4v) is 3.58. The van der Waals surface area contributed by atoms with E-state index in [0.717, 1.165) is 35.7 Å². The van der Waals surface area contributed by atoms with Crippen molar-refractivity contribution in [2.45, 2.75) is 39.0 Å². The minimum atomic E-state index is 0.369. The van der Waals surface area contributed by atoms with Crippen LogP contribution in [-0.2, 0) is 0 Å². The lowest BCUT2D eigenvalue weighted by Gasteiger charge is -2.12. The average molecular weight is 427 g/mol. The number of aryl methyl sites for hydroxylation is 1. The number of nitrogen functional groups attached to an aromatic ring is 1. The van der Waals surface area contributed by atoms with Crippen molar-refractivity contribution in [3.8, 4) is 0 Å². The van der Waals surface area contributed by atoms with Crippen molar-refractivity contribution in [1.82, 2.24) is 0 Å². The Kier molecular flexibility index (Phi) is 8.09. The molecule has 0 aromatic heterocycles. The first-order valence-electron chi connectivity index (χ1n) is 11.3. The Morgan fingerprint density at radius 1 is 0.969 bits per heavy atom. The summed E-state index contributed by atoms with van der Waals surface area (Å²) < 4.78 is 0. The molecule has 0 aliphatic heterocycles. The summed E-state index contributed by atoms with van der Waals surface area (Å²) >= 11 is 0. The summed E-state index contributed by atoms with van der Waals surface area (Å²) in [5.41, 5.74) is 18.9. The Balaban J connectivity index is 0.000000238. The van der Waals surface area contributed by atoms with Gasteiger partial charge >= 0.3 is 0 Å². The summed E-state index contributed by atoms with van der Waals surface area (Å²) in [7, 11) is 0. The van der Waals surface area contributed by atoms with Crippen LogP contribution in [0.25, 0.3) is 5.70 Å². The molecule has 4 nitrogen and oxygen atoms in total. The van der Waals surface area contributed by atoms with Gasteiger partial charge in [-0.25, -0.2) is 4.99 Å². The van der Waals surface area contributed by atoms with Gasteiger partial charge in [-0.05, 0) is 61.4 Å². The molecule has 3 aromatic rings. The van der Waals surface area contributed by atoms with Gasteiger partial charge in [0.25, 0.3) is 0 Å². The highest BCUT2D eigenvalue weighted by molar-refractivity contribution is 6.04. The molecule has 0 spiro atoms. The van der Waals surface area contributed by atoms with Gasteiger partial charge in [0.05, 0.1) is 5.70 Å². The first-order valence-corrected chi connectivity index (χ1v) is 11.3. The molecule has 5 N–H and O–H groups in total. The monoisotopic (exact) mass is 426 g/mol. The minimum absolute atomic E-state index is 0.369. The highest BCUT2D eigenvalue weighted by Crippen LogP contribution is 2.41. The molecule has 0 heterocycles. The normalized spacial score (nSPS) is 13.1. The molecular weight excluding hydrogens is 392 g/mol. The van der Waals surface area contributed by atoms with Crippen molar-refractivity contribution in [1.29, 1.82) is 0 Å². The van der Waals surface area contributed by atoms with Gasteiger partial charge in [0.1, 0.15) is 5.84 Å². The van der Waals surface area contributed by atoms with Crippen molar-refractivity contribution in [2.24, 2.45) is 10.7 Å². The van der Waals surface area contributed by atoms with Crippen molar-refractivity contribution in [2.75, 3.05) is 17.6 Å². The van der Waals surface area contributed by atoms with Crippen LogP contribution in [0.5, 0.6) is 0 Å². The van der Waals surface area contributed by atoms with Gasteiger partial charge < -0.3 is 16.8 Å². The predicted octanol–water partition coefficient (Wildman–Crippen LogP) is 6.34. The van der Waals surface area contributed by atoms with Crippen molar-refractivity contribution in [3.05, 3.63) is 102 Å². The van der Waals surface area contributed by atoms with Crippen LogP contribution in [0.15, 0.2) is 84.4 Å². The maximum Gasteiger partial charge on any atom is 0.133 e. The number of nitrogens with zero attached hydrogens (tertiary/aromatic N) is 1. The zero-order valence-electron chi connectivity index (χ0n) is 19.1. The summed E-state index contributed by atoms with van der Waals surface area (Å²) in [6.45, 7) is 9.26. The van der Waals surface area contributed by atoms with E-state index in [0.29, 0.717) is 17.2 Å². The molecule has 0 unspecified atom stereocenters. The first kappa shape index (κ1) is 23.1. The number of hydrogen-bond acceptors (Lipinski definition) is 3. The minimum Gasteiger partial charge on any atom is -0.398 e. The molecule has 0 atom stereocenters. The molecule has 0 bridgehead atoms. The quantitative estimate of drug-likeness (QED) is 0.234. The number of hydrogen-bond donors (Lipinski definition) is 3. The molecule has 32 heavy (non-hydrogen) atoms. The van der Waals surface area contributed by atoms with E-state index in [1.807, 2.05) is 42.5 Å². The number of nitrogens with one attached hydrogen (secondary N) is 1. The number of benzene rings is 3. The number of amidine groups is 1. The van der Waals surface area contributed by atoms with Crippen LogP contribution >= 0.6 is 0 Å². The van der Waals surface area contributed by atoms with Gasteiger partial charge in [0.2, 0.25) is 0 Å². The van der Waals surface area contributed by atoms with E-state index in [-0.39, 0.29) is 0 Å². The van der Waals surface area contributed by atoms with Crippen molar-refractivity contribution in [3.63, 3.8) is 0 Å². The summed E-state index contributed by atoms with van der Waals surface area (Å²) in [6, 6.07) is 24.0. The largest absolute Gasteiger partial charge is 0.398 e. The molecule has 166 valence electrons. The predicted molar refractivity (Wildman–Crippen MR) is 139 cm³/mol. The van der Waals surface area contributed by atoms with Gasteiger partial charge in [0, 0.05) is 29.0 Å². The highest BCUT2D eigenvalue weighted by Gasteiger charge is 2.24. The smallest absolute Gasteiger partial charge is 0.133 e. The summed E-state index contributed by atoms with van der Waals surface area (Å²) in [4.78, 5) is 4.43. The number of para-hydroxylation sites is 2. The SMILES string of the molecule is C=C(N=C(N)c1ccccc1N)c1ccccc1NCCC.Cc1ccccc1C1CC1. The highest BCUT2D eigenvalue weighted by atomic mass is 14.9. The number of anilines is 2. The van der Waals surface area contributed by atoms with Crippen LogP contribution in [0.2, 0.25) is 0 Å². The van der Waals surface area contributed by atoms with Crippen LogP contribution in [0.1, 0.15) is 54.4 Å². The van der Waals surface area contributed by atoms with E-state index < -0.39 is 0 Å². The van der Waals surface area contributed by atoms with Crippen LogP contribution in [0.3, 0.4) is 0 Å². The van der Waals surface area contributed by atoms with Gasteiger partial charge in [-0.15, -0.1) is 0 Å². The van der Waals surface area contributed by atoms with Crippen LogP contribution in [-0.4, -0.2) is 12.4 Å². The van der Waals surface area contributed by atoms with E-state index >= 15 is 0 Å². The first-order chi connectivity index (χ1) is 15.5. The van der Waals surface area contributed by atoms with E-state index in [1.54, 1.807) is 11.6 Å². The standard InChI is InChI=1S/C18H22N4.C10H12/c1-3-12-21-17-11-7-5-8-14(17)13(2)22-18(20)15-9-4-6-10-16(15)19;1-8-4-2-3-5-10(8)9-6-7-9/h4-11,21H,2-3,12,19H2,1H3,(H2,20,22);2-5,9H,6-7H2,1H3. The lowest BCUT2D eigenvalue weighted by Crippen LogP contribution is -2.15. The zero-order chi connectivity index (χ0) is 22.9. The maximum absolute atomic E-state index is 6.07. The third-order valence-electron chi connectivity index (χ3n) is 5.50. The molecule has 1 fully saturated rings.